The van der Waals surface area contributed by atoms with Crippen LogP contribution in [0.3, 0.4) is 0 Å². The molecule has 1 saturated heterocycles. The number of aliphatic hydroxyl groups excluding tert-OH is 1. The Bertz CT molecular complexity index is 1820. The summed E-state index contributed by atoms with van der Waals surface area (Å²) in [5.41, 5.74) is -0.00768. The minimum atomic E-state index is -1.45. The average Bonchev–Trinajstić information content (AvgIpc) is 3.83. The standard InChI is InChI=1S/C39H47F3N6O6/c1-25(49)38(53)48(23-27-20-43-21-31(27)42)36(39(2,3)14-15-44-33(50)13-17-54-18-16-47-34(51)11-12-35(47)52)37-45-32(29-19-28(40)9-10-30(29)41)24-46(37)22-26-7-5-4-6-8-26/h4-12,19,24-25,27,31,36,43,49H,13-18,20-23H2,1-3H3,(H,44,50). The Labute approximate surface area is 312 Å². The van der Waals surface area contributed by atoms with E-state index in [9.17, 15) is 28.7 Å². The molecule has 1 aromatic heterocycles. The molecule has 0 radical (unpaired) electrons. The number of imide groups is 1. The van der Waals surface area contributed by atoms with Gasteiger partial charge < -0.3 is 29.9 Å². The maximum absolute atomic E-state index is 15.2. The topological polar surface area (TPSA) is 146 Å². The Morgan fingerprint density at radius 1 is 1.09 bits per heavy atom. The average molecular weight is 753 g/mol. The molecule has 5 rings (SSSR count). The third-order valence-corrected chi connectivity index (χ3v) is 9.76. The van der Waals surface area contributed by atoms with Crippen LogP contribution in [0.4, 0.5) is 13.2 Å². The van der Waals surface area contributed by atoms with Crippen molar-refractivity contribution in [2.75, 3.05) is 45.9 Å². The molecule has 4 amide bonds. The van der Waals surface area contributed by atoms with Gasteiger partial charge in [0.1, 0.15) is 29.7 Å². The predicted octanol–water partition coefficient (Wildman–Crippen LogP) is 3.55. The zero-order chi connectivity index (χ0) is 39.0. The first kappa shape index (κ1) is 40.3. The van der Waals surface area contributed by atoms with E-state index in [1.165, 1.54) is 24.0 Å². The number of benzene rings is 2. The van der Waals surface area contributed by atoms with E-state index in [-0.39, 0.29) is 75.9 Å². The lowest BCUT2D eigenvalue weighted by Gasteiger charge is -2.43. The predicted molar refractivity (Wildman–Crippen MR) is 193 cm³/mol. The Hall–Kier alpha value is -4.86. The molecular weight excluding hydrogens is 705 g/mol. The van der Waals surface area contributed by atoms with E-state index in [1.807, 2.05) is 44.2 Å². The van der Waals surface area contributed by atoms with Crippen molar-refractivity contribution in [3.8, 4) is 11.3 Å². The van der Waals surface area contributed by atoms with Gasteiger partial charge in [-0.1, -0.05) is 44.2 Å². The Kier molecular flexibility index (Phi) is 13.4. The zero-order valence-corrected chi connectivity index (χ0v) is 30.6. The lowest BCUT2D eigenvalue weighted by atomic mass is 9.78. The number of imidazole rings is 1. The van der Waals surface area contributed by atoms with Crippen LogP contribution in [0.1, 0.15) is 51.0 Å². The van der Waals surface area contributed by atoms with Crippen molar-refractivity contribution in [1.82, 2.24) is 30.0 Å². The summed E-state index contributed by atoms with van der Waals surface area (Å²) in [5, 5.41) is 16.6. The van der Waals surface area contributed by atoms with E-state index in [0.717, 1.165) is 28.7 Å². The molecule has 4 unspecified atom stereocenters. The van der Waals surface area contributed by atoms with Gasteiger partial charge in [0.15, 0.2) is 0 Å². The van der Waals surface area contributed by atoms with Gasteiger partial charge in [0.2, 0.25) is 5.91 Å². The Morgan fingerprint density at radius 2 is 1.81 bits per heavy atom. The molecule has 1 fully saturated rings. The molecule has 3 N–H and O–H groups in total. The number of hydrogen-bond donors (Lipinski definition) is 3. The maximum atomic E-state index is 15.2. The summed E-state index contributed by atoms with van der Waals surface area (Å²) in [7, 11) is 0. The van der Waals surface area contributed by atoms with Crippen molar-refractivity contribution in [2.24, 2.45) is 11.3 Å². The summed E-state index contributed by atoms with van der Waals surface area (Å²) in [4.78, 5) is 57.6. The second-order valence-corrected chi connectivity index (χ2v) is 14.3. The minimum Gasteiger partial charge on any atom is -0.384 e. The molecule has 15 heteroatoms. The number of nitrogens with zero attached hydrogens (tertiary/aromatic N) is 4. The number of rotatable bonds is 18. The first-order valence-electron chi connectivity index (χ1n) is 18.0. The number of aliphatic hydroxyl groups is 1. The molecular formula is C39H47F3N6O6. The Morgan fingerprint density at radius 3 is 2.48 bits per heavy atom. The third-order valence-electron chi connectivity index (χ3n) is 9.76. The fraction of sp³-hybridized carbons (Fsp3) is 0.462. The molecule has 2 aromatic carbocycles. The highest BCUT2D eigenvalue weighted by Gasteiger charge is 2.44. The van der Waals surface area contributed by atoms with Crippen molar-refractivity contribution in [3.05, 3.63) is 89.9 Å². The van der Waals surface area contributed by atoms with Crippen molar-refractivity contribution >= 4 is 23.6 Å². The molecule has 4 atom stereocenters. The molecule has 3 aromatic rings. The van der Waals surface area contributed by atoms with Crippen LogP contribution < -0.4 is 10.6 Å². The summed E-state index contributed by atoms with van der Waals surface area (Å²) < 4.78 is 52.0. The highest BCUT2D eigenvalue weighted by Crippen LogP contribution is 2.43. The second-order valence-electron chi connectivity index (χ2n) is 14.3. The van der Waals surface area contributed by atoms with Crippen LogP contribution in [0.25, 0.3) is 11.3 Å². The van der Waals surface area contributed by atoms with E-state index >= 15 is 8.78 Å². The molecule has 54 heavy (non-hydrogen) atoms. The number of aromatic nitrogens is 2. The monoisotopic (exact) mass is 752 g/mol. The first-order valence-corrected chi connectivity index (χ1v) is 18.0. The third kappa shape index (κ3) is 10.0. The van der Waals surface area contributed by atoms with Crippen LogP contribution in [0.5, 0.6) is 0 Å². The van der Waals surface area contributed by atoms with Crippen LogP contribution in [0.2, 0.25) is 0 Å². The Balaban J connectivity index is 1.42. The van der Waals surface area contributed by atoms with Crippen molar-refractivity contribution in [1.29, 1.82) is 0 Å². The van der Waals surface area contributed by atoms with Gasteiger partial charge in [-0.2, -0.15) is 0 Å². The molecule has 12 nitrogen and oxygen atoms in total. The number of ether oxygens (including phenoxy) is 1. The van der Waals surface area contributed by atoms with Gasteiger partial charge in [-0.3, -0.25) is 24.1 Å². The summed E-state index contributed by atoms with van der Waals surface area (Å²) in [6.07, 6.45) is 1.55. The molecule has 290 valence electrons. The lowest BCUT2D eigenvalue weighted by molar-refractivity contribution is -0.146. The zero-order valence-electron chi connectivity index (χ0n) is 30.6. The van der Waals surface area contributed by atoms with Gasteiger partial charge in [0, 0.05) is 69.0 Å². The van der Waals surface area contributed by atoms with Crippen molar-refractivity contribution in [3.63, 3.8) is 0 Å². The summed E-state index contributed by atoms with van der Waals surface area (Å²) >= 11 is 0. The van der Waals surface area contributed by atoms with E-state index < -0.39 is 59.0 Å². The molecule has 0 saturated carbocycles. The number of carbonyl (C=O) groups excluding carboxylic acids is 4. The molecule has 0 aliphatic carbocycles. The minimum absolute atomic E-state index is 0.00719. The van der Waals surface area contributed by atoms with Crippen molar-refractivity contribution in [2.45, 2.75) is 58.5 Å². The van der Waals surface area contributed by atoms with E-state index in [0.29, 0.717) is 12.4 Å². The number of amides is 4. The molecule has 0 bridgehead atoms. The fourth-order valence-corrected chi connectivity index (χ4v) is 6.81. The molecule has 0 spiro atoms. The fourth-order valence-electron chi connectivity index (χ4n) is 6.81. The summed E-state index contributed by atoms with van der Waals surface area (Å²) in [6.45, 7) is 6.01. The lowest BCUT2D eigenvalue weighted by Crippen LogP contribution is -2.50. The van der Waals surface area contributed by atoms with Gasteiger partial charge in [-0.05, 0) is 42.5 Å². The van der Waals surface area contributed by atoms with Crippen molar-refractivity contribution < 1.29 is 42.2 Å². The van der Waals surface area contributed by atoms with Gasteiger partial charge in [0.25, 0.3) is 17.7 Å². The SMILES string of the molecule is CC(O)C(=O)N(CC1CNCC1F)C(c1nc(-c2cc(F)ccc2F)cn1Cc1ccccc1)C(C)(C)CCNC(=O)CCOCCN1C(=O)C=CC1=O. The van der Waals surface area contributed by atoms with Crippen LogP contribution in [-0.2, 0) is 30.5 Å². The molecule has 2 aliphatic heterocycles. The van der Waals surface area contributed by atoms with E-state index in [4.69, 9.17) is 9.72 Å². The number of halogens is 3. The largest absolute Gasteiger partial charge is 0.384 e. The quantitative estimate of drug-likeness (QED) is 0.132. The molecule has 3 heterocycles. The second kappa shape index (κ2) is 18.0. The van der Waals surface area contributed by atoms with E-state index in [1.54, 1.807) is 10.8 Å². The summed E-state index contributed by atoms with van der Waals surface area (Å²) in [6, 6.07) is 11.5. The highest BCUT2D eigenvalue weighted by atomic mass is 19.1. The van der Waals surface area contributed by atoms with Crippen LogP contribution in [0.15, 0.2) is 66.9 Å². The molecule has 2 aliphatic rings. The van der Waals surface area contributed by atoms with Gasteiger partial charge >= 0.3 is 0 Å². The first-order chi connectivity index (χ1) is 25.7. The van der Waals surface area contributed by atoms with Crippen LogP contribution >= 0.6 is 0 Å². The summed E-state index contributed by atoms with van der Waals surface area (Å²) in [5.74, 6) is -3.45. The smallest absolute Gasteiger partial charge is 0.253 e. The number of nitrogens with one attached hydrogen (secondary N) is 2. The van der Waals surface area contributed by atoms with Gasteiger partial charge in [-0.25, -0.2) is 18.2 Å². The normalized spacial score (nSPS) is 18.3. The number of alkyl halides is 1. The van der Waals surface area contributed by atoms with Gasteiger partial charge in [-0.15, -0.1) is 0 Å². The highest BCUT2D eigenvalue weighted by molar-refractivity contribution is 6.12. The number of carbonyl (C=O) groups is 4. The maximum Gasteiger partial charge on any atom is 0.253 e. The number of hydrogen-bond acceptors (Lipinski definition) is 8. The van der Waals surface area contributed by atoms with Gasteiger partial charge in [0.05, 0.1) is 31.5 Å². The van der Waals surface area contributed by atoms with E-state index in [2.05, 4.69) is 10.6 Å². The van der Waals surface area contributed by atoms with Crippen LogP contribution in [-0.4, -0.2) is 106 Å². The van der Waals surface area contributed by atoms with Crippen LogP contribution in [0, 0.1) is 23.0 Å².